The van der Waals surface area contributed by atoms with Gasteiger partial charge in [0.2, 0.25) is 0 Å². The van der Waals surface area contributed by atoms with Gasteiger partial charge in [-0.25, -0.2) is 8.42 Å². The number of nitrogens with one attached hydrogen (secondary N) is 1. The topological polar surface area (TPSA) is 55.4 Å². The van der Waals surface area contributed by atoms with Crippen molar-refractivity contribution in [2.24, 2.45) is 5.92 Å². The lowest BCUT2D eigenvalue weighted by Crippen LogP contribution is -2.44. The highest BCUT2D eigenvalue weighted by Gasteiger charge is 2.32. The first-order valence-corrected chi connectivity index (χ1v) is 9.94. The minimum atomic E-state index is -2.91. The van der Waals surface area contributed by atoms with Crippen LogP contribution in [0.15, 0.2) is 0 Å². The summed E-state index contributed by atoms with van der Waals surface area (Å²) in [6, 6.07) is 0.297. The third kappa shape index (κ3) is 6.10. The molecule has 1 aliphatic carbocycles. The third-order valence-electron chi connectivity index (χ3n) is 4.14. The van der Waals surface area contributed by atoms with Gasteiger partial charge in [-0.15, -0.1) is 0 Å². The van der Waals surface area contributed by atoms with Crippen LogP contribution in [0.3, 0.4) is 0 Å². The maximum Gasteiger partial charge on any atom is 0.150 e. The van der Waals surface area contributed by atoms with Crippen molar-refractivity contribution in [3.05, 3.63) is 0 Å². The van der Waals surface area contributed by atoms with E-state index < -0.39 is 9.84 Å². The molecule has 0 aromatic heterocycles. The fourth-order valence-electron chi connectivity index (χ4n) is 2.98. The van der Waals surface area contributed by atoms with E-state index in [0.29, 0.717) is 18.6 Å². The smallest absolute Gasteiger partial charge is 0.150 e. The highest BCUT2D eigenvalue weighted by atomic mass is 32.2. The van der Waals surface area contributed by atoms with Gasteiger partial charge < -0.3 is 10.1 Å². The van der Waals surface area contributed by atoms with Crippen LogP contribution in [0.4, 0.5) is 0 Å². The lowest BCUT2D eigenvalue weighted by molar-refractivity contribution is 0.0851. The summed E-state index contributed by atoms with van der Waals surface area (Å²) in [4.78, 5) is 0. The molecule has 4 nitrogen and oxygen atoms in total. The van der Waals surface area contributed by atoms with Gasteiger partial charge in [-0.05, 0) is 44.6 Å². The molecule has 1 rings (SSSR count). The maximum atomic E-state index is 11.8. The van der Waals surface area contributed by atoms with Crippen molar-refractivity contribution in [1.82, 2.24) is 5.32 Å². The Labute approximate surface area is 124 Å². The second-order valence-corrected chi connectivity index (χ2v) is 8.34. The van der Waals surface area contributed by atoms with Crippen molar-refractivity contribution in [2.75, 3.05) is 26.0 Å². The summed E-state index contributed by atoms with van der Waals surface area (Å²) >= 11 is 0. The highest BCUT2D eigenvalue weighted by Crippen LogP contribution is 2.30. The molecular weight excluding hydrogens is 274 g/mol. The second-order valence-electron chi connectivity index (χ2n) is 6.01. The van der Waals surface area contributed by atoms with Crippen LogP contribution in [-0.2, 0) is 14.6 Å². The molecule has 5 heteroatoms. The van der Waals surface area contributed by atoms with Crippen molar-refractivity contribution in [3.8, 4) is 0 Å². The first-order chi connectivity index (χ1) is 9.49. The Kier molecular flexibility index (Phi) is 8.07. The molecule has 3 unspecified atom stereocenters. The zero-order chi connectivity index (χ0) is 15.0. The molecule has 0 radical (unpaired) electrons. The zero-order valence-electron chi connectivity index (χ0n) is 13.2. The first kappa shape index (κ1) is 17.9. The minimum Gasteiger partial charge on any atom is -0.380 e. The Morgan fingerprint density at radius 2 is 2.00 bits per heavy atom. The maximum absolute atomic E-state index is 11.8. The molecule has 120 valence electrons. The summed E-state index contributed by atoms with van der Waals surface area (Å²) in [7, 11) is -2.91. The molecule has 0 amide bonds. The first-order valence-electron chi connectivity index (χ1n) is 7.99. The van der Waals surface area contributed by atoms with Crippen LogP contribution in [0.2, 0.25) is 0 Å². The van der Waals surface area contributed by atoms with Gasteiger partial charge in [0.05, 0.1) is 11.9 Å². The fourth-order valence-corrected chi connectivity index (χ4v) is 4.17. The van der Waals surface area contributed by atoms with Crippen LogP contribution in [-0.4, -0.2) is 45.7 Å². The molecule has 0 heterocycles. The van der Waals surface area contributed by atoms with Gasteiger partial charge in [0.1, 0.15) is 9.84 Å². The predicted octanol–water partition coefficient (Wildman–Crippen LogP) is 2.38. The van der Waals surface area contributed by atoms with Gasteiger partial charge in [-0.1, -0.05) is 20.3 Å². The number of hydrogen-bond donors (Lipinski definition) is 1. The monoisotopic (exact) mass is 305 g/mol. The average molecular weight is 305 g/mol. The molecule has 1 saturated carbocycles. The number of rotatable bonds is 9. The molecule has 0 bridgehead atoms. The van der Waals surface area contributed by atoms with Gasteiger partial charge >= 0.3 is 0 Å². The summed E-state index contributed by atoms with van der Waals surface area (Å²) in [6.45, 7) is 6.72. The van der Waals surface area contributed by atoms with Crippen LogP contribution in [0, 0.1) is 5.92 Å². The lowest BCUT2D eigenvalue weighted by atomic mass is 9.83. The van der Waals surface area contributed by atoms with Crippen molar-refractivity contribution in [1.29, 1.82) is 0 Å². The van der Waals surface area contributed by atoms with Gasteiger partial charge in [0, 0.05) is 18.9 Å². The van der Waals surface area contributed by atoms with Crippen molar-refractivity contribution in [2.45, 2.75) is 63.7 Å². The minimum absolute atomic E-state index is 0.154. The van der Waals surface area contributed by atoms with Crippen molar-refractivity contribution >= 4 is 9.84 Å². The van der Waals surface area contributed by atoms with Crippen molar-refractivity contribution < 1.29 is 13.2 Å². The van der Waals surface area contributed by atoms with Crippen LogP contribution < -0.4 is 5.32 Å². The Morgan fingerprint density at radius 1 is 1.25 bits per heavy atom. The molecule has 0 aromatic rings. The van der Waals surface area contributed by atoms with Gasteiger partial charge in [0.15, 0.2) is 0 Å². The Bertz CT molecular complexity index is 356. The van der Waals surface area contributed by atoms with E-state index in [1.807, 2.05) is 0 Å². The van der Waals surface area contributed by atoms with Crippen LogP contribution in [0.5, 0.6) is 0 Å². The van der Waals surface area contributed by atoms with E-state index in [1.165, 1.54) is 6.26 Å². The number of hydrogen-bond acceptors (Lipinski definition) is 4. The standard InChI is InChI=1S/C15H31NO3S/c1-4-9-16-15(12-19-10-5-2)13-7-6-8-14(11-13)20(3,17)18/h13-16H,4-12H2,1-3H3. The summed E-state index contributed by atoms with van der Waals surface area (Å²) in [6.07, 6.45) is 7.23. The number of sulfone groups is 1. The summed E-state index contributed by atoms with van der Waals surface area (Å²) in [5, 5.41) is 3.40. The van der Waals surface area contributed by atoms with Crippen LogP contribution in [0.25, 0.3) is 0 Å². The highest BCUT2D eigenvalue weighted by molar-refractivity contribution is 7.91. The molecule has 1 fully saturated rings. The molecule has 0 saturated heterocycles. The fraction of sp³-hybridized carbons (Fsp3) is 1.00. The Balaban J connectivity index is 2.58. The second kappa shape index (κ2) is 9.00. The van der Waals surface area contributed by atoms with E-state index in [-0.39, 0.29) is 5.25 Å². The zero-order valence-corrected chi connectivity index (χ0v) is 14.0. The Hall–Kier alpha value is -0.130. The molecule has 3 atom stereocenters. The summed E-state index contributed by atoms with van der Waals surface area (Å²) in [5.74, 6) is 0.423. The quantitative estimate of drug-likeness (QED) is 0.665. The SMILES string of the molecule is CCCNC(COCCC)C1CCCC(S(C)(=O)=O)C1. The summed E-state index contributed by atoms with van der Waals surface area (Å²) in [5.41, 5.74) is 0. The number of ether oxygens (including phenoxy) is 1. The molecule has 1 aliphatic rings. The largest absolute Gasteiger partial charge is 0.380 e. The van der Waals surface area contributed by atoms with Crippen molar-refractivity contribution in [3.63, 3.8) is 0 Å². The Morgan fingerprint density at radius 3 is 2.60 bits per heavy atom. The van der Waals surface area contributed by atoms with E-state index in [9.17, 15) is 8.42 Å². The molecule has 1 N–H and O–H groups in total. The van der Waals surface area contributed by atoms with Crippen LogP contribution in [0.1, 0.15) is 52.4 Å². The van der Waals surface area contributed by atoms with Crippen LogP contribution >= 0.6 is 0 Å². The average Bonchev–Trinajstić information content (AvgIpc) is 2.42. The van der Waals surface area contributed by atoms with Gasteiger partial charge in [-0.3, -0.25) is 0 Å². The van der Waals surface area contributed by atoms with Gasteiger partial charge in [-0.2, -0.15) is 0 Å². The van der Waals surface area contributed by atoms with E-state index in [4.69, 9.17) is 4.74 Å². The molecule has 0 spiro atoms. The molecule has 0 aliphatic heterocycles. The third-order valence-corrected chi connectivity index (χ3v) is 5.78. The predicted molar refractivity (Wildman–Crippen MR) is 83.8 cm³/mol. The molecule has 20 heavy (non-hydrogen) atoms. The summed E-state index contributed by atoms with van der Waals surface area (Å²) < 4.78 is 29.3. The van der Waals surface area contributed by atoms with E-state index in [2.05, 4.69) is 19.2 Å². The molecular formula is C15H31NO3S. The van der Waals surface area contributed by atoms with Gasteiger partial charge in [0.25, 0.3) is 0 Å². The molecule has 0 aromatic carbocycles. The van der Waals surface area contributed by atoms with E-state index >= 15 is 0 Å². The van der Waals surface area contributed by atoms with E-state index in [1.54, 1.807) is 0 Å². The lowest BCUT2D eigenvalue weighted by Gasteiger charge is -2.34. The van der Waals surface area contributed by atoms with E-state index in [0.717, 1.165) is 51.7 Å². The normalized spacial score (nSPS) is 25.6.